The third-order valence-electron chi connectivity index (χ3n) is 2.48. The Morgan fingerprint density at radius 3 is 2.42 bits per heavy atom. The number of nitrogens with two attached hydrogens (primary N) is 1. The number of aryl methyl sites for hydroxylation is 1. The number of anilines is 1. The summed E-state index contributed by atoms with van der Waals surface area (Å²) in [6.45, 7) is 1.79. The molecule has 2 N–H and O–H groups in total. The van der Waals surface area contributed by atoms with Crippen LogP contribution >= 0.6 is 0 Å². The van der Waals surface area contributed by atoms with Crippen molar-refractivity contribution in [2.75, 3.05) is 5.73 Å². The lowest BCUT2D eigenvalue weighted by molar-refractivity contribution is -0.137. The molecule has 0 amide bonds. The zero-order valence-corrected chi connectivity index (χ0v) is 10.0. The van der Waals surface area contributed by atoms with E-state index in [2.05, 4.69) is 4.98 Å². The fraction of sp³-hybridized carbons (Fsp3) is 0.154. The van der Waals surface area contributed by atoms with Gasteiger partial charge in [0, 0.05) is 18.0 Å². The van der Waals surface area contributed by atoms with Crippen molar-refractivity contribution in [3.8, 4) is 11.6 Å². The molecule has 0 aliphatic heterocycles. The smallest absolute Gasteiger partial charge is 0.417 e. The highest BCUT2D eigenvalue weighted by molar-refractivity contribution is 5.48. The third-order valence-corrected chi connectivity index (χ3v) is 2.48. The molecular formula is C13H11F3N2O. The van der Waals surface area contributed by atoms with Gasteiger partial charge in [-0.25, -0.2) is 4.98 Å². The van der Waals surface area contributed by atoms with Crippen LogP contribution in [0.25, 0.3) is 0 Å². The van der Waals surface area contributed by atoms with Gasteiger partial charge in [0.1, 0.15) is 5.75 Å². The van der Waals surface area contributed by atoms with Gasteiger partial charge in [0.05, 0.1) is 5.56 Å². The molecule has 0 spiro atoms. The summed E-state index contributed by atoms with van der Waals surface area (Å²) in [5, 5.41) is 0. The fourth-order valence-corrected chi connectivity index (χ4v) is 1.51. The number of ether oxygens (including phenoxy) is 1. The van der Waals surface area contributed by atoms with E-state index in [1.165, 1.54) is 6.07 Å². The Balaban J connectivity index is 2.20. The van der Waals surface area contributed by atoms with Gasteiger partial charge in [-0.1, -0.05) is 0 Å². The summed E-state index contributed by atoms with van der Waals surface area (Å²) < 4.78 is 42.5. The maximum absolute atomic E-state index is 12.4. The molecule has 19 heavy (non-hydrogen) atoms. The van der Waals surface area contributed by atoms with E-state index in [9.17, 15) is 13.2 Å². The minimum Gasteiger partial charge on any atom is -0.439 e. The number of halogens is 3. The van der Waals surface area contributed by atoms with Crippen molar-refractivity contribution < 1.29 is 17.9 Å². The Morgan fingerprint density at radius 1 is 1.16 bits per heavy atom. The third kappa shape index (κ3) is 3.15. The van der Waals surface area contributed by atoms with Gasteiger partial charge in [0.25, 0.3) is 0 Å². The van der Waals surface area contributed by atoms with Crippen molar-refractivity contribution in [2.24, 2.45) is 0 Å². The van der Waals surface area contributed by atoms with Crippen LogP contribution in [0.2, 0.25) is 0 Å². The largest absolute Gasteiger partial charge is 0.439 e. The molecule has 100 valence electrons. The van der Waals surface area contributed by atoms with E-state index >= 15 is 0 Å². The van der Waals surface area contributed by atoms with Crippen LogP contribution < -0.4 is 10.5 Å². The summed E-state index contributed by atoms with van der Waals surface area (Å²) in [6, 6.07) is 7.10. The van der Waals surface area contributed by atoms with Crippen molar-refractivity contribution in [1.29, 1.82) is 0 Å². The number of nitrogens with zero attached hydrogens (tertiary/aromatic N) is 1. The molecule has 1 aromatic carbocycles. The lowest BCUT2D eigenvalue weighted by atomic mass is 10.2. The molecule has 1 aromatic heterocycles. The fourth-order valence-electron chi connectivity index (χ4n) is 1.51. The molecule has 0 saturated carbocycles. The van der Waals surface area contributed by atoms with Crippen LogP contribution in [0.15, 0.2) is 36.5 Å². The zero-order valence-electron chi connectivity index (χ0n) is 10.0. The van der Waals surface area contributed by atoms with Crippen molar-refractivity contribution in [3.05, 3.63) is 47.7 Å². The highest BCUT2D eigenvalue weighted by atomic mass is 19.4. The Bertz CT molecular complexity index is 579. The Labute approximate surface area is 107 Å². The van der Waals surface area contributed by atoms with Gasteiger partial charge >= 0.3 is 6.18 Å². The van der Waals surface area contributed by atoms with Crippen LogP contribution in [0.3, 0.4) is 0 Å². The van der Waals surface area contributed by atoms with Gasteiger partial charge in [-0.15, -0.1) is 0 Å². The Morgan fingerprint density at radius 2 is 1.89 bits per heavy atom. The van der Waals surface area contributed by atoms with Crippen LogP contribution in [0.1, 0.15) is 11.1 Å². The average molecular weight is 268 g/mol. The highest BCUT2D eigenvalue weighted by Crippen LogP contribution is 2.30. The molecule has 0 unspecified atom stereocenters. The minimum atomic E-state index is -4.40. The van der Waals surface area contributed by atoms with E-state index < -0.39 is 11.7 Å². The molecule has 2 rings (SSSR count). The van der Waals surface area contributed by atoms with E-state index in [-0.39, 0.29) is 5.88 Å². The standard InChI is InChI=1S/C13H11F3N2O/c1-8-6-10(17)3-4-11(8)19-12-5-2-9(7-18-12)13(14,15)16/h2-7H,17H2,1H3. The van der Waals surface area contributed by atoms with Gasteiger partial charge in [-0.3, -0.25) is 0 Å². The van der Waals surface area contributed by atoms with Crippen LogP contribution in [0, 0.1) is 6.92 Å². The summed E-state index contributed by atoms with van der Waals surface area (Å²) >= 11 is 0. The SMILES string of the molecule is Cc1cc(N)ccc1Oc1ccc(C(F)(F)F)cn1. The van der Waals surface area contributed by atoms with E-state index in [4.69, 9.17) is 10.5 Å². The van der Waals surface area contributed by atoms with Gasteiger partial charge in [-0.2, -0.15) is 13.2 Å². The van der Waals surface area contributed by atoms with Crippen molar-refractivity contribution in [2.45, 2.75) is 13.1 Å². The molecule has 0 saturated heterocycles. The molecule has 3 nitrogen and oxygen atoms in total. The summed E-state index contributed by atoms with van der Waals surface area (Å²) in [7, 11) is 0. The van der Waals surface area contributed by atoms with Crippen molar-refractivity contribution in [3.63, 3.8) is 0 Å². The normalized spacial score (nSPS) is 11.4. The number of alkyl halides is 3. The second kappa shape index (κ2) is 4.79. The van der Waals surface area contributed by atoms with E-state index in [0.717, 1.165) is 17.8 Å². The summed E-state index contributed by atoms with van der Waals surface area (Å²) in [6.07, 6.45) is -3.66. The first kappa shape index (κ1) is 13.2. The van der Waals surface area contributed by atoms with Gasteiger partial charge in [0.15, 0.2) is 0 Å². The topological polar surface area (TPSA) is 48.1 Å². The van der Waals surface area contributed by atoms with Crippen LogP contribution in [0.4, 0.5) is 18.9 Å². The van der Waals surface area contributed by atoms with Gasteiger partial charge in [0.2, 0.25) is 5.88 Å². The average Bonchev–Trinajstić information content (AvgIpc) is 2.32. The Kier molecular flexibility index (Phi) is 3.33. The summed E-state index contributed by atoms with van der Waals surface area (Å²) in [5.74, 6) is 0.599. The predicted molar refractivity (Wildman–Crippen MR) is 64.9 cm³/mol. The van der Waals surface area contributed by atoms with Crippen molar-refractivity contribution >= 4 is 5.69 Å². The summed E-state index contributed by atoms with van der Waals surface area (Å²) in [4.78, 5) is 3.63. The molecule has 6 heteroatoms. The number of nitrogen functional groups attached to an aromatic ring is 1. The number of benzene rings is 1. The number of rotatable bonds is 2. The van der Waals surface area contributed by atoms with Crippen LogP contribution in [-0.4, -0.2) is 4.98 Å². The highest BCUT2D eigenvalue weighted by Gasteiger charge is 2.30. The molecule has 1 heterocycles. The second-order valence-corrected chi connectivity index (χ2v) is 4.01. The Hall–Kier alpha value is -2.24. The quantitative estimate of drug-likeness (QED) is 0.843. The predicted octanol–water partition coefficient (Wildman–Crippen LogP) is 3.78. The molecule has 0 aliphatic rings. The van der Waals surface area contributed by atoms with E-state index in [1.54, 1.807) is 25.1 Å². The van der Waals surface area contributed by atoms with Crippen LogP contribution in [-0.2, 0) is 6.18 Å². The van der Waals surface area contributed by atoms with E-state index in [0.29, 0.717) is 11.4 Å². The molecule has 0 radical (unpaired) electrons. The first-order valence-electron chi connectivity index (χ1n) is 5.43. The molecule has 0 atom stereocenters. The number of hydrogen-bond acceptors (Lipinski definition) is 3. The summed E-state index contributed by atoms with van der Waals surface area (Å²) in [5.41, 5.74) is 6.15. The van der Waals surface area contributed by atoms with Crippen molar-refractivity contribution in [1.82, 2.24) is 4.98 Å². The molecule has 0 bridgehead atoms. The lowest BCUT2D eigenvalue weighted by Gasteiger charge is -2.10. The number of hydrogen-bond donors (Lipinski definition) is 1. The zero-order chi connectivity index (χ0) is 14.0. The van der Waals surface area contributed by atoms with Crippen LogP contribution in [0.5, 0.6) is 11.6 Å². The maximum Gasteiger partial charge on any atom is 0.417 e. The minimum absolute atomic E-state index is 0.0980. The lowest BCUT2D eigenvalue weighted by Crippen LogP contribution is -2.05. The van der Waals surface area contributed by atoms with E-state index in [1.807, 2.05) is 0 Å². The molecular weight excluding hydrogens is 257 g/mol. The number of pyridine rings is 1. The molecule has 0 fully saturated rings. The second-order valence-electron chi connectivity index (χ2n) is 4.01. The molecule has 0 aliphatic carbocycles. The monoisotopic (exact) mass is 268 g/mol. The number of aromatic nitrogens is 1. The van der Waals surface area contributed by atoms with Gasteiger partial charge in [-0.05, 0) is 36.8 Å². The first-order valence-corrected chi connectivity index (χ1v) is 5.43. The van der Waals surface area contributed by atoms with Gasteiger partial charge < -0.3 is 10.5 Å². The maximum atomic E-state index is 12.4. The first-order chi connectivity index (χ1) is 8.86. The molecule has 2 aromatic rings.